The minimum atomic E-state index is -0.487. The number of nitro benzene ring substituents is 1. The summed E-state index contributed by atoms with van der Waals surface area (Å²) in [7, 11) is 0. The van der Waals surface area contributed by atoms with Gasteiger partial charge >= 0.3 is 0 Å². The summed E-state index contributed by atoms with van der Waals surface area (Å²) in [5.74, 6) is 0.0918. The first-order valence-corrected chi connectivity index (χ1v) is 8.48. The molecule has 0 aliphatic carbocycles. The number of amides is 1. The fraction of sp³-hybridized carbons (Fsp3) is 0.421. The molecule has 0 aliphatic heterocycles. The van der Waals surface area contributed by atoms with Gasteiger partial charge in [0, 0.05) is 35.1 Å². The Morgan fingerprint density at radius 2 is 1.92 bits per heavy atom. The summed E-state index contributed by atoms with van der Waals surface area (Å²) in [6.07, 6.45) is 2.01. The number of carbonyl (C=O) groups excluding carboxylic acids is 1. The lowest BCUT2D eigenvalue weighted by Crippen LogP contribution is -2.14. The molecule has 0 spiro atoms. The molecule has 6 heteroatoms. The van der Waals surface area contributed by atoms with Crippen LogP contribution in [0, 0.1) is 23.0 Å². The van der Waals surface area contributed by atoms with E-state index in [1.54, 1.807) is 12.1 Å². The molecule has 1 heterocycles. The Hall–Kier alpha value is -2.63. The normalized spacial score (nSPS) is 12.4. The number of primary amides is 1. The molecule has 0 saturated heterocycles. The Morgan fingerprint density at radius 1 is 1.24 bits per heavy atom. The highest BCUT2D eigenvalue weighted by Crippen LogP contribution is 2.33. The third kappa shape index (κ3) is 4.07. The highest BCUT2D eigenvalue weighted by Gasteiger charge is 2.21. The van der Waals surface area contributed by atoms with Crippen LogP contribution in [0.4, 0.5) is 5.69 Å². The molecule has 134 valence electrons. The van der Waals surface area contributed by atoms with Crippen LogP contribution in [-0.4, -0.2) is 15.4 Å². The number of aromatic nitrogens is 1. The Balaban J connectivity index is 2.56. The van der Waals surface area contributed by atoms with E-state index in [1.807, 2.05) is 13.0 Å². The fourth-order valence-corrected chi connectivity index (χ4v) is 3.14. The second kappa shape index (κ2) is 7.51. The molecule has 2 aromatic rings. The molecule has 0 bridgehead atoms. The number of hydrogen-bond donors (Lipinski definition) is 1. The summed E-state index contributed by atoms with van der Waals surface area (Å²) in [4.78, 5) is 22.5. The van der Waals surface area contributed by atoms with Crippen molar-refractivity contribution < 1.29 is 9.72 Å². The van der Waals surface area contributed by atoms with E-state index >= 15 is 0 Å². The van der Waals surface area contributed by atoms with Crippen LogP contribution < -0.4 is 5.73 Å². The zero-order valence-corrected chi connectivity index (χ0v) is 15.2. The molecule has 1 unspecified atom stereocenters. The van der Waals surface area contributed by atoms with Crippen LogP contribution in [0.1, 0.15) is 55.7 Å². The molecule has 1 amide bonds. The molecule has 1 atom stereocenters. The number of hydrogen-bond acceptors (Lipinski definition) is 3. The maximum absolute atomic E-state index is 11.8. The van der Waals surface area contributed by atoms with Gasteiger partial charge in [0.25, 0.3) is 11.6 Å². The van der Waals surface area contributed by atoms with Gasteiger partial charge in [0.2, 0.25) is 0 Å². The molecule has 1 aromatic heterocycles. The zero-order valence-electron chi connectivity index (χ0n) is 15.2. The first-order chi connectivity index (χ1) is 11.7. The van der Waals surface area contributed by atoms with Gasteiger partial charge in [0.15, 0.2) is 0 Å². The lowest BCUT2D eigenvalue weighted by Gasteiger charge is -2.21. The molecule has 0 saturated carbocycles. The van der Waals surface area contributed by atoms with Crippen molar-refractivity contribution in [2.24, 2.45) is 11.7 Å². The summed E-state index contributed by atoms with van der Waals surface area (Å²) in [5, 5.41) is 11.1. The maximum atomic E-state index is 11.8. The minimum Gasteiger partial charge on any atom is -0.366 e. The van der Waals surface area contributed by atoms with Crippen molar-refractivity contribution in [2.75, 3.05) is 0 Å². The maximum Gasteiger partial charge on any atom is 0.270 e. The van der Waals surface area contributed by atoms with Crippen LogP contribution in [0.3, 0.4) is 0 Å². The molecule has 0 radical (unpaired) electrons. The van der Waals surface area contributed by atoms with Gasteiger partial charge in [0.05, 0.1) is 10.5 Å². The van der Waals surface area contributed by atoms with E-state index in [4.69, 9.17) is 5.73 Å². The van der Waals surface area contributed by atoms with Gasteiger partial charge in [-0.05, 0) is 38.7 Å². The number of benzene rings is 1. The third-order valence-electron chi connectivity index (χ3n) is 4.51. The van der Waals surface area contributed by atoms with Crippen molar-refractivity contribution in [1.82, 2.24) is 4.57 Å². The molecule has 1 aromatic carbocycles. The van der Waals surface area contributed by atoms with E-state index in [2.05, 4.69) is 25.3 Å². The van der Waals surface area contributed by atoms with E-state index in [-0.39, 0.29) is 11.7 Å². The van der Waals surface area contributed by atoms with Crippen molar-refractivity contribution in [3.8, 4) is 11.3 Å². The zero-order chi connectivity index (χ0) is 18.7. The molecule has 0 fully saturated rings. The van der Waals surface area contributed by atoms with Crippen LogP contribution in [0.25, 0.3) is 11.3 Å². The van der Waals surface area contributed by atoms with Gasteiger partial charge in [-0.1, -0.05) is 26.0 Å². The van der Waals surface area contributed by atoms with Crippen LogP contribution in [0.5, 0.6) is 0 Å². The van der Waals surface area contributed by atoms with Crippen molar-refractivity contribution in [3.63, 3.8) is 0 Å². The largest absolute Gasteiger partial charge is 0.366 e. The van der Waals surface area contributed by atoms with Crippen molar-refractivity contribution in [3.05, 3.63) is 51.7 Å². The number of nitrogens with zero attached hydrogens (tertiary/aromatic N) is 2. The summed E-state index contributed by atoms with van der Waals surface area (Å²) in [6, 6.07) is 8.36. The van der Waals surface area contributed by atoms with Gasteiger partial charge in [-0.25, -0.2) is 0 Å². The van der Waals surface area contributed by atoms with Crippen LogP contribution in [0.15, 0.2) is 30.3 Å². The van der Waals surface area contributed by atoms with E-state index in [0.717, 1.165) is 24.2 Å². The molecule has 6 nitrogen and oxygen atoms in total. The summed E-state index contributed by atoms with van der Waals surface area (Å²) in [5.41, 5.74) is 8.29. The molecule has 25 heavy (non-hydrogen) atoms. The van der Waals surface area contributed by atoms with E-state index < -0.39 is 10.8 Å². The second-order valence-corrected chi connectivity index (χ2v) is 6.89. The van der Waals surface area contributed by atoms with Gasteiger partial charge in [-0.2, -0.15) is 0 Å². The average Bonchev–Trinajstić information content (AvgIpc) is 2.90. The smallest absolute Gasteiger partial charge is 0.270 e. The molecular weight excluding hydrogens is 318 g/mol. The summed E-state index contributed by atoms with van der Waals surface area (Å²) < 4.78 is 2.07. The lowest BCUT2D eigenvalue weighted by molar-refractivity contribution is -0.384. The molecule has 2 N–H and O–H groups in total. The number of rotatable bonds is 7. The second-order valence-electron chi connectivity index (χ2n) is 6.89. The topological polar surface area (TPSA) is 91.2 Å². The minimum absolute atomic E-state index is 0.0263. The third-order valence-corrected chi connectivity index (χ3v) is 4.51. The molecule has 2 rings (SSSR count). The van der Waals surface area contributed by atoms with Gasteiger partial charge < -0.3 is 10.3 Å². The number of nitro groups is 1. The highest BCUT2D eigenvalue weighted by atomic mass is 16.6. The summed E-state index contributed by atoms with van der Waals surface area (Å²) >= 11 is 0. The average molecular weight is 343 g/mol. The van der Waals surface area contributed by atoms with E-state index in [1.165, 1.54) is 12.1 Å². The fourth-order valence-electron chi connectivity index (χ4n) is 3.14. The monoisotopic (exact) mass is 343 g/mol. The van der Waals surface area contributed by atoms with Gasteiger partial charge in [0.1, 0.15) is 0 Å². The first kappa shape index (κ1) is 18.7. The first-order valence-electron chi connectivity index (χ1n) is 8.48. The SMILES string of the molecule is Cc1c(C(N)=O)cc(-c2cccc([N+](=O)[O-])c2)n1C(C)CCC(C)C. The van der Waals surface area contributed by atoms with Crippen LogP contribution >= 0.6 is 0 Å². The molecular formula is C19H25N3O3. The lowest BCUT2D eigenvalue weighted by atomic mass is 10.0. The number of nitrogens with two attached hydrogens (primary N) is 1. The Labute approximate surface area is 147 Å². The van der Waals surface area contributed by atoms with Gasteiger partial charge in [-0.15, -0.1) is 0 Å². The van der Waals surface area contributed by atoms with Crippen molar-refractivity contribution >= 4 is 11.6 Å². The van der Waals surface area contributed by atoms with Gasteiger partial charge in [-0.3, -0.25) is 14.9 Å². The number of non-ortho nitro benzene ring substituents is 1. The van der Waals surface area contributed by atoms with Crippen LogP contribution in [0.2, 0.25) is 0 Å². The van der Waals surface area contributed by atoms with E-state index in [9.17, 15) is 14.9 Å². The Kier molecular flexibility index (Phi) is 5.62. The quantitative estimate of drug-likeness (QED) is 0.594. The standard InChI is InChI=1S/C19H25N3O3/c1-12(2)8-9-13(3)21-14(4)17(19(20)23)11-18(21)15-6-5-7-16(10-15)22(24)25/h5-7,10-13H,8-9H2,1-4H3,(H2,20,23). The van der Waals surface area contributed by atoms with Crippen molar-refractivity contribution in [2.45, 2.75) is 46.6 Å². The van der Waals surface area contributed by atoms with Crippen LogP contribution in [-0.2, 0) is 0 Å². The number of carbonyl (C=O) groups is 1. The Morgan fingerprint density at radius 3 is 2.48 bits per heavy atom. The predicted octanol–water partition coefficient (Wildman–Crippen LogP) is 4.47. The summed E-state index contributed by atoms with van der Waals surface area (Å²) in [6.45, 7) is 8.31. The van der Waals surface area contributed by atoms with Crippen molar-refractivity contribution in [1.29, 1.82) is 0 Å². The highest BCUT2D eigenvalue weighted by molar-refractivity contribution is 5.95. The Bertz CT molecular complexity index is 793. The molecule has 0 aliphatic rings. The van der Waals surface area contributed by atoms with E-state index in [0.29, 0.717) is 17.0 Å². The predicted molar refractivity (Wildman–Crippen MR) is 98.6 cm³/mol.